The van der Waals surface area contributed by atoms with E-state index >= 15 is 0 Å². The van der Waals surface area contributed by atoms with Gasteiger partial charge < -0.3 is 0 Å². The van der Waals surface area contributed by atoms with Crippen molar-refractivity contribution >= 4 is 0 Å². The molecule has 1 aromatic rings. The predicted octanol–water partition coefficient (Wildman–Crippen LogP) is 4.50. The molecule has 0 aliphatic heterocycles. The van der Waals surface area contributed by atoms with Crippen LogP contribution in [-0.4, -0.2) is 0 Å². The first-order valence-corrected chi connectivity index (χ1v) is 8.38. The number of aryl methyl sites for hydroxylation is 1. The van der Waals surface area contributed by atoms with E-state index < -0.39 is 0 Å². The molecule has 0 radical (unpaired) electrons. The van der Waals surface area contributed by atoms with Crippen molar-refractivity contribution in [1.82, 2.24) is 5.43 Å². The molecule has 0 aromatic heterocycles. The lowest BCUT2D eigenvalue weighted by molar-refractivity contribution is 0.315. The molecule has 1 saturated carbocycles. The highest BCUT2D eigenvalue weighted by atomic mass is 15.2. The zero-order valence-electron chi connectivity index (χ0n) is 12.9. The summed E-state index contributed by atoms with van der Waals surface area (Å²) in [6.45, 7) is 2.23. The first-order valence-electron chi connectivity index (χ1n) is 8.38. The van der Waals surface area contributed by atoms with E-state index in [-0.39, 0.29) is 0 Å². The fourth-order valence-corrected chi connectivity index (χ4v) is 3.48. The van der Waals surface area contributed by atoms with E-state index in [0.29, 0.717) is 6.04 Å². The molecule has 1 aliphatic carbocycles. The number of benzene rings is 1. The summed E-state index contributed by atoms with van der Waals surface area (Å²) in [6, 6.07) is 9.25. The number of hydrazine groups is 1. The van der Waals surface area contributed by atoms with Gasteiger partial charge in [0.1, 0.15) is 0 Å². The first kappa shape index (κ1) is 15.5. The molecular formula is C18H30N2. The summed E-state index contributed by atoms with van der Waals surface area (Å²) in [4.78, 5) is 0. The molecule has 20 heavy (non-hydrogen) atoms. The summed E-state index contributed by atoms with van der Waals surface area (Å²) < 4.78 is 0. The van der Waals surface area contributed by atoms with Crippen molar-refractivity contribution in [1.29, 1.82) is 0 Å². The van der Waals surface area contributed by atoms with Crippen LogP contribution in [0.15, 0.2) is 24.3 Å². The second-order valence-electron chi connectivity index (χ2n) is 6.30. The molecule has 1 aromatic carbocycles. The Hall–Kier alpha value is -0.860. The van der Waals surface area contributed by atoms with E-state index in [4.69, 9.17) is 5.84 Å². The second-order valence-corrected chi connectivity index (χ2v) is 6.30. The minimum Gasteiger partial charge on any atom is -0.271 e. The van der Waals surface area contributed by atoms with Gasteiger partial charge in [0.15, 0.2) is 0 Å². The number of nitrogens with one attached hydrogen (secondary N) is 1. The lowest BCUT2D eigenvalue weighted by Crippen LogP contribution is -2.28. The first-order chi connectivity index (χ1) is 9.83. The fraction of sp³-hybridized carbons (Fsp3) is 0.667. The van der Waals surface area contributed by atoms with E-state index in [2.05, 4.69) is 36.6 Å². The third kappa shape index (κ3) is 4.60. The van der Waals surface area contributed by atoms with Gasteiger partial charge in [-0.15, -0.1) is 0 Å². The van der Waals surface area contributed by atoms with Gasteiger partial charge in [0.25, 0.3) is 0 Å². The number of nitrogens with two attached hydrogens (primary N) is 1. The molecule has 3 N–H and O–H groups in total. The van der Waals surface area contributed by atoms with Crippen LogP contribution in [0.5, 0.6) is 0 Å². The molecule has 1 unspecified atom stereocenters. The van der Waals surface area contributed by atoms with Crippen LogP contribution in [0, 0.1) is 5.92 Å². The fourth-order valence-electron chi connectivity index (χ4n) is 3.48. The quantitative estimate of drug-likeness (QED) is 0.567. The van der Waals surface area contributed by atoms with Gasteiger partial charge in [-0.1, -0.05) is 69.7 Å². The Bertz CT molecular complexity index is 383. The van der Waals surface area contributed by atoms with Crippen LogP contribution in [0.25, 0.3) is 0 Å². The highest BCUT2D eigenvalue weighted by Crippen LogP contribution is 2.30. The Kier molecular flexibility index (Phi) is 6.55. The second kappa shape index (κ2) is 8.43. The molecule has 2 heteroatoms. The standard InChI is InChI=1S/C18H30N2/c1-2-7-16-10-6-11-17(14-16)18(20-19)13-12-15-8-4-3-5-9-15/h6,10-11,14-15,18,20H,2-5,7-9,12-13,19H2,1H3. The molecular weight excluding hydrogens is 244 g/mol. The largest absolute Gasteiger partial charge is 0.271 e. The molecule has 0 amide bonds. The highest BCUT2D eigenvalue weighted by molar-refractivity contribution is 5.26. The SMILES string of the molecule is CCCc1cccc(C(CCC2CCCCC2)NN)c1. The summed E-state index contributed by atoms with van der Waals surface area (Å²) in [5.41, 5.74) is 5.82. The van der Waals surface area contributed by atoms with E-state index in [1.807, 2.05) is 0 Å². The van der Waals surface area contributed by atoms with Gasteiger partial charge in [-0.3, -0.25) is 11.3 Å². The molecule has 0 bridgehead atoms. The van der Waals surface area contributed by atoms with Crippen LogP contribution in [-0.2, 0) is 6.42 Å². The Morgan fingerprint density at radius 3 is 2.75 bits per heavy atom. The van der Waals surface area contributed by atoms with Crippen molar-refractivity contribution in [3.63, 3.8) is 0 Å². The molecule has 0 spiro atoms. The molecule has 0 heterocycles. The van der Waals surface area contributed by atoms with Gasteiger partial charge in [0.2, 0.25) is 0 Å². The van der Waals surface area contributed by atoms with Crippen LogP contribution < -0.4 is 11.3 Å². The number of hydrogen-bond donors (Lipinski definition) is 2. The van der Waals surface area contributed by atoms with Crippen LogP contribution >= 0.6 is 0 Å². The van der Waals surface area contributed by atoms with Crippen molar-refractivity contribution in [2.24, 2.45) is 11.8 Å². The zero-order chi connectivity index (χ0) is 14.2. The molecule has 1 fully saturated rings. The molecule has 1 aliphatic rings. The Morgan fingerprint density at radius 1 is 1.25 bits per heavy atom. The normalized spacial score (nSPS) is 18.1. The zero-order valence-corrected chi connectivity index (χ0v) is 12.9. The maximum Gasteiger partial charge on any atom is 0.0460 e. The maximum atomic E-state index is 5.79. The summed E-state index contributed by atoms with van der Waals surface area (Å²) in [5, 5.41) is 0. The lowest BCUT2D eigenvalue weighted by Gasteiger charge is -2.24. The van der Waals surface area contributed by atoms with Gasteiger partial charge in [0, 0.05) is 6.04 Å². The average molecular weight is 274 g/mol. The van der Waals surface area contributed by atoms with Crippen molar-refractivity contribution < 1.29 is 0 Å². The van der Waals surface area contributed by atoms with Gasteiger partial charge in [0.05, 0.1) is 0 Å². The molecule has 2 rings (SSSR count). The average Bonchev–Trinajstić information content (AvgIpc) is 2.50. The minimum atomic E-state index is 0.314. The number of rotatable bonds is 7. The summed E-state index contributed by atoms with van der Waals surface area (Å²) in [7, 11) is 0. The molecule has 112 valence electrons. The summed E-state index contributed by atoms with van der Waals surface area (Å²) in [6.07, 6.45) is 12.0. The third-order valence-electron chi connectivity index (χ3n) is 4.68. The van der Waals surface area contributed by atoms with Crippen LogP contribution in [0.2, 0.25) is 0 Å². The lowest BCUT2D eigenvalue weighted by atomic mass is 9.84. The topological polar surface area (TPSA) is 38.0 Å². The minimum absolute atomic E-state index is 0.314. The van der Waals surface area contributed by atoms with Gasteiger partial charge in [-0.2, -0.15) is 0 Å². The smallest absolute Gasteiger partial charge is 0.0460 e. The maximum absolute atomic E-state index is 5.79. The monoisotopic (exact) mass is 274 g/mol. The molecule has 2 nitrogen and oxygen atoms in total. The van der Waals surface area contributed by atoms with E-state index in [1.54, 1.807) is 0 Å². The van der Waals surface area contributed by atoms with E-state index in [1.165, 1.54) is 56.1 Å². The van der Waals surface area contributed by atoms with E-state index in [0.717, 1.165) is 18.8 Å². The van der Waals surface area contributed by atoms with Crippen molar-refractivity contribution in [2.45, 2.75) is 70.8 Å². The Balaban J connectivity index is 1.91. The summed E-state index contributed by atoms with van der Waals surface area (Å²) >= 11 is 0. The van der Waals surface area contributed by atoms with E-state index in [9.17, 15) is 0 Å². The van der Waals surface area contributed by atoms with Crippen LogP contribution in [0.1, 0.15) is 75.5 Å². The van der Waals surface area contributed by atoms with Crippen molar-refractivity contribution in [3.05, 3.63) is 35.4 Å². The van der Waals surface area contributed by atoms with Crippen molar-refractivity contribution in [3.8, 4) is 0 Å². The Labute approximate surface area is 124 Å². The van der Waals surface area contributed by atoms with Crippen molar-refractivity contribution in [2.75, 3.05) is 0 Å². The van der Waals surface area contributed by atoms with Gasteiger partial charge in [-0.25, -0.2) is 0 Å². The van der Waals surface area contributed by atoms with Crippen LogP contribution in [0.4, 0.5) is 0 Å². The Morgan fingerprint density at radius 2 is 2.05 bits per heavy atom. The number of hydrogen-bond acceptors (Lipinski definition) is 2. The third-order valence-corrected chi connectivity index (χ3v) is 4.68. The molecule has 0 saturated heterocycles. The highest BCUT2D eigenvalue weighted by Gasteiger charge is 2.16. The predicted molar refractivity (Wildman–Crippen MR) is 86.3 cm³/mol. The summed E-state index contributed by atoms with van der Waals surface area (Å²) in [5.74, 6) is 6.72. The van der Waals surface area contributed by atoms with Gasteiger partial charge >= 0.3 is 0 Å². The van der Waals surface area contributed by atoms with Crippen LogP contribution in [0.3, 0.4) is 0 Å². The van der Waals surface area contributed by atoms with Gasteiger partial charge in [-0.05, 0) is 36.3 Å². The molecule has 1 atom stereocenters.